The highest BCUT2D eigenvalue weighted by Gasteiger charge is 2.49. The summed E-state index contributed by atoms with van der Waals surface area (Å²) in [5.41, 5.74) is 8.32. The molecule has 0 bridgehead atoms. The van der Waals surface area contributed by atoms with Crippen LogP contribution < -0.4 is 0 Å². The fourth-order valence-electron chi connectivity index (χ4n) is 2.61. The molecule has 2 saturated heterocycles. The first kappa shape index (κ1) is 20.2. The van der Waals surface area contributed by atoms with Gasteiger partial charge in [-0.15, -0.1) is 0 Å². The van der Waals surface area contributed by atoms with Gasteiger partial charge in [-0.25, -0.2) is 0 Å². The molecule has 0 spiro atoms. The van der Waals surface area contributed by atoms with Crippen LogP contribution in [0.3, 0.4) is 0 Å². The summed E-state index contributed by atoms with van der Waals surface area (Å²) in [6.07, 6.45) is -15.7. The number of hydrogen-bond acceptors (Lipinski definition) is 11. The molecule has 0 aromatic rings. The zero-order valence-electron chi connectivity index (χ0n) is 12.9. The molecular formula is C12H21N3O10. The van der Waals surface area contributed by atoms with Gasteiger partial charge in [-0.1, -0.05) is 5.11 Å². The van der Waals surface area contributed by atoms with Gasteiger partial charge in [-0.05, 0) is 5.53 Å². The molecule has 144 valence electrons. The van der Waals surface area contributed by atoms with Crippen molar-refractivity contribution in [2.24, 2.45) is 5.11 Å². The number of nitrogens with zero attached hydrogens (tertiary/aromatic N) is 3. The van der Waals surface area contributed by atoms with Gasteiger partial charge in [0, 0.05) is 4.91 Å². The van der Waals surface area contributed by atoms with Crippen LogP contribution in [0.25, 0.3) is 10.4 Å². The Bertz CT molecular complexity index is 490. The average molecular weight is 367 g/mol. The van der Waals surface area contributed by atoms with Crippen molar-refractivity contribution in [2.75, 3.05) is 13.2 Å². The molecule has 0 aliphatic carbocycles. The molecule has 0 saturated carbocycles. The highest BCUT2D eigenvalue weighted by atomic mass is 16.8. The monoisotopic (exact) mass is 367 g/mol. The van der Waals surface area contributed by atoms with Crippen molar-refractivity contribution in [1.29, 1.82) is 0 Å². The molecule has 25 heavy (non-hydrogen) atoms. The predicted octanol–water partition coefficient (Wildman–Crippen LogP) is -4.08. The van der Waals surface area contributed by atoms with Crippen LogP contribution in [0.15, 0.2) is 5.11 Å². The van der Waals surface area contributed by atoms with Crippen LogP contribution in [0.1, 0.15) is 0 Å². The number of rotatable bonds is 5. The molecule has 2 rings (SSSR count). The summed E-state index contributed by atoms with van der Waals surface area (Å²) in [5, 5.41) is 71.2. The van der Waals surface area contributed by atoms with Crippen molar-refractivity contribution in [3.63, 3.8) is 0 Å². The maximum absolute atomic E-state index is 9.95. The SMILES string of the molecule is [N-]=[N+]=NCC1O[C@H](O[C@H]2OC(CO)[C@@H](O)C(O)[C@@H]2O)C(O)[C@H](O)[C@@H]1O. The molecule has 10 atom stereocenters. The first-order valence-corrected chi connectivity index (χ1v) is 7.48. The quantitative estimate of drug-likeness (QED) is 0.141. The first-order chi connectivity index (χ1) is 11.8. The van der Waals surface area contributed by atoms with Gasteiger partial charge in [0.1, 0.15) is 42.7 Å². The molecule has 0 radical (unpaired) electrons. The fraction of sp³-hybridized carbons (Fsp3) is 1.00. The molecule has 2 aliphatic heterocycles. The Kier molecular flexibility index (Phi) is 6.90. The van der Waals surface area contributed by atoms with E-state index in [1.54, 1.807) is 0 Å². The number of ether oxygens (including phenoxy) is 3. The Hall–Kier alpha value is -1.09. The van der Waals surface area contributed by atoms with Gasteiger partial charge in [0.05, 0.1) is 19.3 Å². The van der Waals surface area contributed by atoms with Crippen molar-refractivity contribution in [2.45, 2.75) is 61.4 Å². The van der Waals surface area contributed by atoms with Crippen molar-refractivity contribution in [3.05, 3.63) is 10.4 Å². The molecule has 0 aromatic carbocycles. The lowest BCUT2D eigenvalue weighted by Crippen LogP contribution is -2.63. The molecule has 13 nitrogen and oxygen atoms in total. The first-order valence-electron chi connectivity index (χ1n) is 7.48. The maximum atomic E-state index is 9.95. The molecule has 2 aliphatic rings. The second-order valence-electron chi connectivity index (χ2n) is 5.76. The van der Waals surface area contributed by atoms with E-state index in [1.807, 2.05) is 0 Å². The van der Waals surface area contributed by atoms with Gasteiger partial charge in [0.2, 0.25) is 0 Å². The van der Waals surface area contributed by atoms with E-state index in [0.29, 0.717) is 0 Å². The second kappa shape index (κ2) is 8.53. The lowest BCUT2D eigenvalue weighted by atomic mass is 9.98. The Morgan fingerprint density at radius 2 is 1.28 bits per heavy atom. The molecule has 4 unspecified atom stereocenters. The number of azide groups is 1. The van der Waals surface area contributed by atoms with Crippen LogP contribution in [0.4, 0.5) is 0 Å². The molecule has 2 fully saturated rings. The second-order valence-corrected chi connectivity index (χ2v) is 5.76. The summed E-state index contributed by atoms with van der Waals surface area (Å²) in [6, 6.07) is 0. The summed E-state index contributed by atoms with van der Waals surface area (Å²) < 4.78 is 15.5. The minimum atomic E-state index is -1.75. The highest BCUT2D eigenvalue weighted by Crippen LogP contribution is 2.28. The molecular weight excluding hydrogens is 346 g/mol. The summed E-state index contributed by atoms with van der Waals surface area (Å²) in [5.74, 6) is 0. The van der Waals surface area contributed by atoms with Gasteiger partial charge in [-0.2, -0.15) is 0 Å². The van der Waals surface area contributed by atoms with Gasteiger partial charge in [0.25, 0.3) is 0 Å². The van der Waals surface area contributed by atoms with Crippen LogP contribution in [-0.2, 0) is 14.2 Å². The van der Waals surface area contributed by atoms with Crippen LogP contribution >= 0.6 is 0 Å². The molecule has 2 heterocycles. The van der Waals surface area contributed by atoms with Crippen molar-refractivity contribution in [1.82, 2.24) is 0 Å². The number of hydrogen-bond donors (Lipinski definition) is 7. The van der Waals surface area contributed by atoms with Gasteiger partial charge in [0.15, 0.2) is 12.6 Å². The largest absolute Gasteiger partial charge is 0.394 e. The standard InChI is InChI=1S/C12H21N3O10/c13-15-14-1-3-5(17)7(19)9(21)11(23-3)25-12-10(22)8(20)6(18)4(2-16)24-12/h3-12,16-22H,1-2H2/t3?,4?,5-,6-,7-,8?,9?,10+,11-,12-/m1/s1. The lowest BCUT2D eigenvalue weighted by Gasteiger charge is -2.44. The summed E-state index contributed by atoms with van der Waals surface area (Å²) in [6.45, 7) is -1.05. The molecule has 0 aromatic heterocycles. The third-order valence-electron chi connectivity index (χ3n) is 4.11. The van der Waals surface area contributed by atoms with Crippen LogP contribution in [-0.4, -0.2) is 110 Å². The Balaban J connectivity index is 2.09. The number of aliphatic hydroxyl groups is 7. The maximum Gasteiger partial charge on any atom is 0.189 e. The van der Waals surface area contributed by atoms with E-state index in [9.17, 15) is 30.6 Å². The van der Waals surface area contributed by atoms with E-state index >= 15 is 0 Å². The Labute approximate surface area is 141 Å². The third kappa shape index (κ3) is 4.19. The van der Waals surface area contributed by atoms with Crippen LogP contribution in [0, 0.1) is 0 Å². The van der Waals surface area contributed by atoms with Crippen molar-refractivity contribution in [3.8, 4) is 0 Å². The Morgan fingerprint density at radius 3 is 1.76 bits per heavy atom. The smallest absolute Gasteiger partial charge is 0.189 e. The van der Waals surface area contributed by atoms with Crippen LogP contribution in [0.5, 0.6) is 0 Å². The van der Waals surface area contributed by atoms with E-state index in [2.05, 4.69) is 10.0 Å². The highest BCUT2D eigenvalue weighted by molar-refractivity contribution is 4.92. The predicted molar refractivity (Wildman–Crippen MR) is 75.5 cm³/mol. The number of aliphatic hydroxyl groups excluding tert-OH is 7. The summed E-state index contributed by atoms with van der Waals surface area (Å²) in [4.78, 5) is 2.50. The summed E-state index contributed by atoms with van der Waals surface area (Å²) >= 11 is 0. The van der Waals surface area contributed by atoms with Crippen molar-refractivity contribution < 1.29 is 50.0 Å². The zero-order valence-corrected chi connectivity index (χ0v) is 12.9. The van der Waals surface area contributed by atoms with Crippen LogP contribution in [0.2, 0.25) is 0 Å². The normalized spacial score (nSPS) is 48.0. The van der Waals surface area contributed by atoms with E-state index in [1.165, 1.54) is 0 Å². The van der Waals surface area contributed by atoms with Gasteiger partial charge >= 0.3 is 0 Å². The van der Waals surface area contributed by atoms with E-state index in [0.717, 1.165) is 0 Å². The molecule has 0 amide bonds. The molecule has 13 heteroatoms. The minimum Gasteiger partial charge on any atom is -0.394 e. The van der Waals surface area contributed by atoms with E-state index < -0.39 is 68.0 Å². The van der Waals surface area contributed by atoms with Gasteiger partial charge in [-0.3, -0.25) is 0 Å². The topological polar surface area (TPSA) is 218 Å². The fourth-order valence-corrected chi connectivity index (χ4v) is 2.61. The minimum absolute atomic E-state index is 0.365. The average Bonchev–Trinajstić information content (AvgIpc) is 2.61. The van der Waals surface area contributed by atoms with Gasteiger partial charge < -0.3 is 50.0 Å². The Morgan fingerprint density at radius 1 is 0.800 bits per heavy atom. The zero-order chi connectivity index (χ0) is 18.7. The third-order valence-corrected chi connectivity index (χ3v) is 4.11. The van der Waals surface area contributed by atoms with Crippen molar-refractivity contribution >= 4 is 0 Å². The molecule has 7 N–H and O–H groups in total. The van der Waals surface area contributed by atoms with E-state index in [-0.39, 0.29) is 6.54 Å². The lowest BCUT2D eigenvalue weighted by molar-refractivity contribution is -0.374. The summed E-state index contributed by atoms with van der Waals surface area (Å²) in [7, 11) is 0. The van der Waals surface area contributed by atoms with E-state index in [4.69, 9.17) is 24.8 Å².